The predicted octanol–water partition coefficient (Wildman–Crippen LogP) is 0.607. The molecule has 1 fully saturated rings. The lowest BCUT2D eigenvalue weighted by atomic mass is 9.90. The summed E-state index contributed by atoms with van der Waals surface area (Å²) >= 11 is 0. The van der Waals surface area contributed by atoms with Gasteiger partial charge in [-0.15, -0.1) is 0 Å². The molecule has 1 saturated heterocycles. The Kier molecular flexibility index (Phi) is 4.95. The van der Waals surface area contributed by atoms with Crippen LogP contribution in [0.2, 0.25) is 0 Å². The lowest BCUT2D eigenvalue weighted by Gasteiger charge is -2.27. The third-order valence-electron chi connectivity index (χ3n) is 3.50. The van der Waals surface area contributed by atoms with Gasteiger partial charge in [-0.1, -0.05) is 0 Å². The molecule has 1 atom stereocenters. The molecule has 0 aromatic heterocycles. The Labute approximate surface area is 107 Å². The van der Waals surface area contributed by atoms with Crippen LogP contribution in [0.4, 0.5) is 4.79 Å². The number of carboxylic acids is 1. The van der Waals surface area contributed by atoms with Crippen LogP contribution < -0.4 is 0 Å². The molecule has 0 aromatic rings. The number of amides is 2. The van der Waals surface area contributed by atoms with Crippen LogP contribution in [0, 0.1) is 5.41 Å². The first kappa shape index (κ1) is 14.8. The van der Waals surface area contributed by atoms with Gasteiger partial charge < -0.3 is 20.0 Å². The van der Waals surface area contributed by atoms with E-state index in [0.717, 1.165) is 0 Å². The first-order valence-electron chi connectivity index (χ1n) is 6.32. The van der Waals surface area contributed by atoms with Crippen LogP contribution in [0.15, 0.2) is 0 Å². The fraction of sp³-hybridized carbons (Fsp3) is 0.833. The highest BCUT2D eigenvalue weighted by atomic mass is 16.4. The Bertz CT molecular complexity index is 321. The van der Waals surface area contributed by atoms with Gasteiger partial charge in [-0.25, -0.2) is 4.79 Å². The molecular weight excluding hydrogens is 236 g/mol. The van der Waals surface area contributed by atoms with Crippen molar-refractivity contribution in [3.05, 3.63) is 0 Å². The van der Waals surface area contributed by atoms with Crippen LogP contribution in [0.5, 0.6) is 0 Å². The molecule has 1 aliphatic rings. The number of carboxylic acid groups (broad SMARTS) is 1. The minimum atomic E-state index is -0.851. The fourth-order valence-electron chi connectivity index (χ4n) is 2.15. The number of aliphatic carboxylic acids is 1. The number of carbonyl (C=O) groups excluding carboxylic acids is 1. The summed E-state index contributed by atoms with van der Waals surface area (Å²) in [6, 6.07) is -0.129. The maximum absolute atomic E-state index is 12.2. The van der Waals surface area contributed by atoms with Gasteiger partial charge in [0.2, 0.25) is 0 Å². The molecule has 1 unspecified atom stereocenters. The molecule has 0 aromatic carbocycles. The minimum Gasteiger partial charge on any atom is -0.481 e. The van der Waals surface area contributed by atoms with E-state index in [1.54, 1.807) is 16.7 Å². The molecule has 104 valence electrons. The van der Waals surface area contributed by atoms with E-state index in [2.05, 4.69) is 0 Å². The second-order valence-electron chi connectivity index (χ2n) is 4.98. The summed E-state index contributed by atoms with van der Waals surface area (Å²) in [4.78, 5) is 26.5. The molecule has 0 aliphatic carbocycles. The summed E-state index contributed by atoms with van der Waals surface area (Å²) in [6.45, 7) is 5.42. The molecule has 1 heterocycles. The molecule has 2 N–H and O–H groups in total. The second-order valence-corrected chi connectivity index (χ2v) is 4.98. The van der Waals surface area contributed by atoms with Crippen molar-refractivity contribution in [2.24, 2.45) is 5.41 Å². The zero-order chi connectivity index (χ0) is 13.8. The van der Waals surface area contributed by atoms with Crippen LogP contribution in [0.1, 0.15) is 26.7 Å². The molecule has 0 radical (unpaired) electrons. The maximum atomic E-state index is 12.2. The van der Waals surface area contributed by atoms with E-state index < -0.39 is 11.4 Å². The number of nitrogens with zero attached hydrogens (tertiary/aromatic N) is 2. The number of hydrogen-bond acceptors (Lipinski definition) is 3. The topological polar surface area (TPSA) is 81.1 Å². The van der Waals surface area contributed by atoms with Gasteiger partial charge in [0, 0.05) is 32.8 Å². The molecule has 1 rings (SSSR count). The standard InChI is InChI=1S/C12H22N2O4/c1-3-13(6-4-8-15)11(18)14-7-5-12(2,9-14)10(16)17/h15H,3-9H2,1-2H3,(H,16,17). The first-order valence-corrected chi connectivity index (χ1v) is 6.32. The number of aliphatic hydroxyl groups is 1. The highest BCUT2D eigenvalue weighted by molar-refractivity contribution is 5.79. The number of aliphatic hydroxyl groups excluding tert-OH is 1. The molecule has 1 aliphatic heterocycles. The molecular formula is C12H22N2O4. The smallest absolute Gasteiger partial charge is 0.320 e. The van der Waals surface area contributed by atoms with E-state index in [4.69, 9.17) is 10.2 Å². The zero-order valence-corrected chi connectivity index (χ0v) is 11.1. The van der Waals surface area contributed by atoms with Gasteiger partial charge in [-0.2, -0.15) is 0 Å². The lowest BCUT2D eigenvalue weighted by Crippen LogP contribution is -2.44. The van der Waals surface area contributed by atoms with Crippen molar-refractivity contribution in [2.75, 3.05) is 32.8 Å². The Morgan fingerprint density at radius 2 is 2.11 bits per heavy atom. The predicted molar refractivity (Wildman–Crippen MR) is 66.3 cm³/mol. The van der Waals surface area contributed by atoms with Crippen LogP contribution in [0.3, 0.4) is 0 Å². The normalized spacial score (nSPS) is 23.2. The molecule has 2 amide bonds. The number of rotatable bonds is 5. The van der Waals surface area contributed by atoms with Gasteiger partial charge in [0.25, 0.3) is 0 Å². The number of likely N-dealkylation sites (tertiary alicyclic amines) is 1. The van der Waals surface area contributed by atoms with Gasteiger partial charge in [-0.05, 0) is 26.7 Å². The summed E-state index contributed by atoms with van der Waals surface area (Å²) in [5.74, 6) is -0.851. The van der Waals surface area contributed by atoms with Crippen molar-refractivity contribution in [1.29, 1.82) is 0 Å². The van der Waals surface area contributed by atoms with Crippen molar-refractivity contribution in [1.82, 2.24) is 9.80 Å². The van der Waals surface area contributed by atoms with Gasteiger partial charge in [-0.3, -0.25) is 4.79 Å². The second kappa shape index (κ2) is 6.04. The van der Waals surface area contributed by atoms with Crippen molar-refractivity contribution >= 4 is 12.0 Å². The molecule has 6 nitrogen and oxygen atoms in total. The Morgan fingerprint density at radius 3 is 2.56 bits per heavy atom. The van der Waals surface area contributed by atoms with Crippen molar-refractivity contribution < 1.29 is 19.8 Å². The van der Waals surface area contributed by atoms with E-state index in [9.17, 15) is 9.59 Å². The van der Waals surface area contributed by atoms with E-state index >= 15 is 0 Å². The van der Waals surface area contributed by atoms with Gasteiger partial charge >= 0.3 is 12.0 Å². The van der Waals surface area contributed by atoms with E-state index in [1.807, 2.05) is 6.92 Å². The summed E-state index contributed by atoms with van der Waals surface area (Å²) in [5, 5.41) is 17.9. The highest BCUT2D eigenvalue weighted by Gasteiger charge is 2.42. The van der Waals surface area contributed by atoms with Crippen LogP contribution in [-0.2, 0) is 4.79 Å². The lowest BCUT2D eigenvalue weighted by molar-refractivity contribution is -0.147. The first-order chi connectivity index (χ1) is 8.44. The third-order valence-corrected chi connectivity index (χ3v) is 3.50. The molecule has 6 heteroatoms. The van der Waals surface area contributed by atoms with Gasteiger partial charge in [0.05, 0.1) is 5.41 Å². The molecule has 0 bridgehead atoms. The summed E-state index contributed by atoms with van der Waals surface area (Å²) in [5.41, 5.74) is -0.827. The minimum absolute atomic E-state index is 0.0522. The summed E-state index contributed by atoms with van der Waals surface area (Å²) in [6.07, 6.45) is 1.04. The monoisotopic (exact) mass is 258 g/mol. The highest BCUT2D eigenvalue weighted by Crippen LogP contribution is 2.30. The zero-order valence-electron chi connectivity index (χ0n) is 11.1. The van der Waals surface area contributed by atoms with E-state index in [-0.39, 0.29) is 19.2 Å². The maximum Gasteiger partial charge on any atom is 0.320 e. The number of urea groups is 1. The van der Waals surface area contributed by atoms with Crippen molar-refractivity contribution in [2.45, 2.75) is 26.7 Å². The Balaban J connectivity index is 2.60. The fourth-order valence-corrected chi connectivity index (χ4v) is 2.15. The van der Waals surface area contributed by atoms with Crippen LogP contribution in [0.25, 0.3) is 0 Å². The number of hydrogen-bond donors (Lipinski definition) is 2. The molecule has 0 spiro atoms. The van der Waals surface area contributed by atoms with Crippen LogP contribution in [-0.4, -0.2) is 64.8 Å². The largest absolute Gasteiger partial charge is 0.481 e. The summed E-state index contributed by atoms with van der Waals surface area (Å²) < 4.78 is 0. The quantitative estimate of drug-likeness (QED) is 0.757. The van der Waals surface area contributed by atoms with Crippen molar-refractivity contribution in [3.63, 3.8) is 0 Å². The number of carbonyl (C=O) groups is 2. The third kappa shape index (κ3) is 3.13. The summed E-state index contributed by atoms with van der Waals surface area (Å²) in [7, 11) is 0. The van der Waals surface area contributed by atoms with E-state index in [1.165, 1.54) is 0 Å². The Hall–Kier alpha value is -1.30. The van der Waals surface area contributed by atoms with E-state index in [0.29, 0.717) is 32.5 Å². The van der Waals surface area contributed by atoms with Crippen molar-refractivity contribution in [3.8, 4) is 0 Å². The van der Waals surface area contributed by atoms with Crippen LogP contribution >= 0.6 is 0 Å². The molecule has 18 heavy (non-hydrogen) atoms. The molecule has 0 saturated carbocycles. The average Bonchev–Trinajstić information content (AvgIpc) is 2.74. The SMILES string of the molecule is CCN(CCCO)C(=O)N1CCC(C)(C(=O)O)C1. The van der Waals surface area contributed by atoms with Gasteiger partial charge in [0.1, 0.15) is 0 Å². The average molecular weight is 258 g/mol. The van der Waals surface area contributed by atoms with Gasteiger partial charge in [0.15, 0.2) is 0 Å². The Morgan fingerprint density at radius 1 is 1.44 bits per heavy atom.